The van der Waals surface area contributed by atoms with Crippen LogP contribution in [0.1, 0.15) is 35.7 Å². The zero-order chi connectivity index (χ0) is 11.5. The van der Waals surface area contributed by atoms with Gasteiger partial charge in [-0.3, -0.25) is 4.79 Å². The molecule has 1 atom stereocenters. The minimum Gasteiger partial charge on any atom is -0.392 e. The largest absolute Gasteiger partial charge is 0.392 e. The van der Waals surface area contributed by atoms with Gasteiger partial charge < -0.3 is 10.0 Å². The first-order valence-corrected chi connectivity index (χ1v) is 5.73. The quantitative estimate of drug-likeness (QED) is 0.824. The van der Waals surface area contributed by atoms with E-state index in [-0.39, 0.29) is 12.5 Å². The van der Waals surface area contributed by atoms with Gasteiger partial charge in [-0.2, -0.15) is 0 Å². The molecule has 3 heteroatoms. The third-order valence-electron chi connectivity index (χ3n) is 3.20. The molecule has 86 valence electrons. The zero-order valence-electron chi connectivity index (χ0n) is 9.52. The molecule has 1 aromatic rings. The maximum Gasteiger partial charge on any atom is 0.254 e. The van der Waals surface area contributed by atoms with Crippen molar-refractivity contribution in [3.63, 3.8) is 0 Å². The molecular weight excluding hydrogens is 202 g/mol. The van der Waals surface area contributed by atoms with E-state index < -0.39 is 0 Å². The van der Waals surface area contributed by atoms with Crippen LogP contribution in [0.5, 0.6) is 0 Å². The van der Waals surface area contributed by atoms with Gasteiger partial charge in [0.2, 0.25) is 0 Å². The van der Waals surface area contributed by atoms with Gasteiger partial charge in [0.05, 0.1) is 6.61 Å². The minimum atomic E-state index is 0.0224. The van der Waals surface area contributed by atoms with Gasteiger partial charge in [-0.05, 0) is 37.5 Å². The average Bonchev–Trinajstić information content (AvgIpc) is 2.75. The van der Waals surface area contributed by atoms with Gasteiger partial charge in [0.25, 0.3) is 5.91 Å². The Hall–Kier alpha value is -1.35. The lowest BCUT2D eigenvalue weighted by Gasteiger charge is -2.21. The van der Waals surface area contributed by atoms with Crippen LogP contribution < -0.4 is 0 Å². The maximum atomic E-state index is 12.1. The number of amides is 1. The van der Waals surface area contributed by atoms with Crippen LogP contribution in [0.15, 0.2) is 24.3 Å². The molecular formula is C13H17NO2. The van der Waals surface area contributed by atoms with E-state index in [9.17, 15) is 4.79 Å². The van der Waals surface area contributed by atoms with E-state index in [2.05, 4.69) is 6.92 Å². The summed E-state index contributed by atoms with van der Waals surface area (Å²) in [6.07, 6.45) is 2.20. The molecule has 1 amide bonds. The molecule has 3 nitrogen and oxygen atoms in total. The lowest BCUT2D eigenvalue weighted by Crippen LogP contribution is -2.33. The van der Waals surface area contributed by atoms with Crippen LogP contribution in [0.25, 0.3) is 0 Å². The van der Waals surface area contributed by atoms with Crippen LogP contribution in [0.2, 0.25) is 0 Å². The van der Waals surface area contributed by atoms with Crippen molar-refractivity contribution in [3.05, 3.63) is 35.4 Å². The number of nitrogens with zero attached hydrogens (tertiary/aromatic N) is 1. The number of aliphatic hydroxyl groups is 1. The third-order valence-corrected chi connectivity index (χ3v) is 3.20. The number of carbonyl (C=O) groups is 1. The molecule has 1 heterocycles. The second-order valence-electron chi connectivity index (χ2n) is 4.34. The van der Waals surface area contributed by atoms with Crippen molar-refractivity contribution in [1.82, 2.24) is 4.90 Å². The summed E-state index contributed by atoms with van der Waals surface area (Å²) in [6.45, 7) is 2.98. The predicted octanol–water partition coefficient (Wildman–Crippen LogP) is 1.80. The van der Waals surface area contributed by atoms with E-state index >= 15 is 0 Å². The minimum absolute atomic E-state index is 0.0224. The zero-order valence-corrected chi connectivity index (χ0v) is 9.52. The maximum absolute atomic E-state index is 12.1. The summed E-state index contributed by atoms with van der Waals surface area (Å²) in [5, 5.41) is 8.93. The Kier molecular flexibility index (Phi) is 3.25. The van der Waals surface area contributed by atoms with Crippen LogP contribution in [-0.2, 0) is 6.61 Å². The molecule has 1 aromatic carbocycles. The van der Waals surface area contributed by atoms with Crippen molar-refractivity contribution in [3.8, 4) is 0 Å². The van der Waals surface area contributed by atoms with E-state index in [4.69, 9.17) is 5.11 Å². The van der Waals surface area contributed by atoms with Crippen molar-refractivity contribution in [1.29, 1.82) is 0 Å². The van der Waals surface area contributed by atoms with Crippen LogP contribution in [0.3, 0.4) is 0 Å². The highest BCUT2D eigenvalue weighted by Crippen LogP contribution is 2.19. The monoisotopic (exact) mass is 219 g/mol. The van der Waals surface area contributed by atoms with Crippen LogP contribution in [0, 0.1) is 0 Å². The van der Waals surface area contributed by atoms with E-state index in [0.717, 1.165) is 24.9 Å². The topological polar surface area (TPSA) is 40.5 Å². The second-order valence-corrected chi connectivity index (χ2v) is 4.34. The molecule has 1 fully saturated rings. The fourth-order valence-corrected chi connectivity index (χ4v) is 2.15. The van der Waals surface area contributed by atoms with Crippen LogP contribution in [-0.4, -0.2) is 28.5 Å². The fourth-order valence-electron chi connectivity index (χ4n) is 2.15. The lowest BCUT2D eigenvalue weighted by molar-refractivity contribution is 0.0747. The van der Waals surface area contributed by atoms with E-state index in [1.54, 1.807) is 24.3 Å². The molecule has 0 radical (unpaired) electrons. The highest BCUT2D eigenvalue weighted by atomic mass is 16.3. The molecule has 0 aromatic heterocycles. The lowest BCUT2D eigenvalue weighted by atomic mass is 10.1. The molecule has 16 heavy (non-hydrogen) atoms. The molecule has 0 bridgehead atoms. The fraction of sp³-hybridized carbons (Fsp3) is 0.462. The SMILES string of the molecule is CC1CCCN1C(=O)c1ccc(CO)cc1. The molecule has 2 rings (SSSR count). The molecule has 0 aliphatic carbocycles. The predicted molar refractivity (Wildman–Crippen MR) is 62.1 cm³/mol. The highest BCUT2D eigenvalue weighted by Gasteiger charge is 2.25. The summed E-state index contributed by atoms with van der Waals surface area (Å²) in [5.74, 6) is 0.106. The summed E-state index contributed by atoms with van der Waals surface area (Å²) >= 11 is 0. The highest BCUT2D eigenvalue weighted by molar-refractivity contribution is 5.94. The van der Waals surface area contributed by atoms with Crippen molar-refractivity contribution in [2.24, 2.45) is 0 Å². The van der Waals surface area contributed by atoms with E-state index in [1.165, 1.54) is 0 Å². The Morgan fingerprint density at radius 3 is 2.62 bits per heavy atom. The molecule has 1 saturated heterocycles. The molecule has 0 spiro atoms. The van der Waals surface area contributed by atoms with Crippen LogP contribution >= 0.6 is 0 Å². The first-order valence-electron chi connectivity index (χ1n) is 5.73. The summed E-state index contributed by atoms with van der Waals surface area (Å²) in [4.78, 5) is 14.0. The third kappa shape index (κ3) is 2.09. The normalized spacial score (nSPS) is 20.1. The standard InChI is InChI=1S/C13H17NO2/c1-10-3-2-8-14(10)13(16)12-6-4-11(9-15)5-7-12/h4-7,10,15H,2-3,8-9H2,1H3. The first-order chi connectivity index (χ1) is 7.72. The number of rotatable bonds is 2. The number of hydrogen-bond acceptors (Lipinski definition) is 2. The van der Waals surface area contributed by atoms with E-state index in [1.807, 2.05) is 4.90 Å². The first kappa shape index (κ1) is 11.1. The van der Waals surface area contributed by atoms with Gasteiger partial charge in [0, 0.05) is 18.2 Å². The molecule has 1 aliphatic rings. The summed E-state index contributed by atoms with van der Waals surface area (Å²) in [6, 6.07) is 7.53. The van der Waals surface area contributed by atoms with Gasteiger partial charge >= 0.3 is 0 Å². The van der Waals surface area contributed by atoms with Gasteiger partial charge in [-0.15, -0.1) is 0 Å². The van der Waals surface area contributed by atoms with Crippen molar-refractivity contribution in [2.45, 2.75) is 32.4 Å². The Balaban J connectivity index is 2.14. The van der Waals surface area contributed by atoms with Gasteiger partial charge in [-0.1, -0.05) is 12.1 Å². The molecule has 1 aliphatic heterocycles. The Labute approximate surface area is 95.7 Å². The smallest absolute Gasteiger partial charge is 0.254 e. The summed E-state index contributed by atoms with van der Waals surface area (Å²) in [7, 11) is 0. The second kappa shape index (κ2) is 4.66. The Bertz CT molecular complexity index is 372. The van der Waals surface area contributed by atoms with Crippen molar-refractivity contribution in [2.75, 3.05) is 6.54 Å². The van der Waals surface area contributed by atoms with E-state index in [0.29, 0.717) is 11.6 Å². The number of carbonyl (C=O) groups excluding carboxylic acids is 1. The average molecular weight is 219 g/mol. The number of likely N-dealkylation sites (tertiary alicyclic amines) is 1. The molecule has 1 N–H and O–H groups in total. The summed E-state index contributed by atoms with van der Waals surface area (Å²) < 4.78 is 0. The van der Waals surface area contributed by atoms with Gasteiger partial charge in [-0.25, -0.2) is 0 Å². The van der Waals surface area contributed by atoms with Gasteiger partial charge in [0.1, 0.15) is 0 Å². The van der Waals surface area contributed by atoms with Crippen LogP contribution in [0.4, 0.5) is 0 Å². The Morgan fingerprint density at radius 2 is 2.12 bits per heavy atom. The molecule has 0 saturated carbocycles. The number of benzene rings is 1. The van der Waals surface area contributed by atoms with Crippen molar-refractivity contribution >= 4 is 5.91 Å². The molecule has 1 unspecified atom stereocenters. The van der Waals surface area contributed by atoms with Gasteiger partial charge in [0.15, 0.2) is 0 Å². The number of aliphatic hydroxyl groups excluding tert-OH is 1. The summed E-state index contributed by atoms with van der Waals surface area (Å²) in [5.41, 5.74) is 1.55. The van der Waals surface area contributed by atoms with Crippen molar-refractivity contribution < 1.29 is 9.90 Å². The Morgan fingerprint density at radius 1 is 1.44 bits per heavy atom. The number of hydrogen-bond donors (Lipinski definition) is 1.